The van der Waals surface area contributed by atoms with Gasteiger partial charge in [-0.3, -0.25) is 4.79 Å². The van der Waals surface area contributed by atoms with E-state index in [4.69, 9.17) is 9.47 Å². The van der Waals surface area contributed by atoms with Gasteiger partial charge in [-0.15, -0.1) is 0 Å². The molecule has 1 aromatic rings. The minimum atomic E-state index is -0.339. The molecule has 1 aromatic carbocycles. The highest BCUT2D eigenvalue weighted by Crippen LogP contribution is 2.27. The van der Waals surface area contributed by atoms with Crippen LogP contribution in [0.1, 0.15) is 26.3 Å². The van der Waals surface area contributed by atoms with Crippen LogP contribution in [0.25, 0.3) is 0 Å². The van der Waals surface area contributed by atoms with Crippen LogP contribution >= 0.6 is 0 Å². The van der Waals surface area contributed by atoms with Gasteiger partial charge in [-0.1, -0.05) is 20.8 Å². The molecular formula is C14H20O3. The summed E-state index contributed by atoms with van der Waals surface area (Å²) in [7, 11) is 3.21. The van der Waals surface area contributed by atoms with Crippen LogP contribution in [0.15, 0.2) is 18.2 Å². The zero-order valence-corrected chi connectivity index (χ0v) is 11.2. The van der Waals surface area contributed by atoms with Crippen molar-refractivity contribution in [2.24, 2.45) is 5.41 Å². The Balaban J connectivity index is 2.99. The first-order valence-corrected chi connectivity index (χ1v) is 5.62. The number of rotatable bonds is 4. The molecule has 0 N–H and O–H groups in total. The molecule has 0 fully saturated rings. The maximum Gasteiger partial charge on any atom is 0.142 e. The molecule has 3 nitrogen and oxygen atoms in total. The molecule has 0 radical (unpaired) electrons. The number of carbonyl (C=O) groups excluding carboxylic acids is 1. The van der Waals surface area contributed by atoms with E-state index < -0.39 is 0 Å². The molecule has 17 heavy (non-hydrogen) atoms. The monoisotopic (exact) mass is 236 g/mol. The van der Waals surface area contributed by atoms with Gasteiger partial charge in [-0.05, 0) is 18.2 Å². The largest absolute Gasteiger partial charge is 0.497 e. The summed E-state index contributed by atoms with van der Waals surface area (Å²) in [6.45, 7) is 5.76. The van der Waals surface area contributed by atoms with Crippen LogP contribution in [-0.2, 0) is 11.2 Å². The van der Waals surface area contributed by atoms with Crippen molar-refractivity contribution in [1.82, 2.24) is 0 Å². The number of hydrogen-bond donors (Lipinski definition) is 0. The average molecular weight is 236 g/mol. The van der Waals surface area contributed by atoms with Crippen LogP contribution in [0.2, 0.25) is 0 Å². The second-order valence-electron chi connectivity index (χ2n) is 5.03. The lowest BCUT2D eigenvalue weighted by Gasteiger charge is -2.18. The lowest BCUT2D eigenvalue weighted by molar-refractivity contribution is -0.125. The molecule has 0 aliphatic carbocycles. The van der Waals surface area contributed by atoms with Crippen LogP contribution < -0.4 is 9.47 Å². The fourth-order valence-electron chi connectivity index (χ4n) is 1.46. The van der Waals surface area contributed by atoms with Crippen LogP contribution in [0.4, 0.5) is 0 Å². The summed E-state index contributed by atoms with van der Waals surface area (Å²) in [5.74, 6) is 1.65. The lowest BCUT2D eigenvalue weighted by Crippen LogP contribution is -2.22. The molecular weight excluding hydrogens is 216 g/mol. The Bertz CT molecular complexity index is 402. The molecule has 0 aliphatic heterocycles. The van der Waals surface area contributed by atoms with E-state index in [-0.39, 0.29) is 11.2 Å². The van der Waals surface area contributed by atoms with E-state index in [0.717, 1.165) is 17.1 Å². The van der Waals surface area contributed by atoms with Gasteiger partial charge in [0.05, 0.1) is 14.2 Å². The number of Topliss-reactive ketones (excluding diaryl/α,β-unsaturated/α-hetero) is 1. The van der Waals surface area contributed by atoms with Crippen LogP contribution in [0.5, 0.6) is 11.5 Å². The first kappa shape index (κ1) is 13.6. The smallest absolute Gasteiger partial charge is 0.142 e. The average Bonchev–Trinajstić information content (AvgIpc) is 2.27. The summed E-state index contributed by atoms with van der Waals surface area (Å²) in [5.41, 5.74) is 0.528. The fraction of sp³-hybridized carbons (Fsp3) is 0.500. The first-order valence-electron chi connectivity index (χ1n) is 5.62. The third-order valence-corrected chi connectivity index (χ3v) is 2.68. The Labute approximate surface area is 103 Å². The molecule has 94 valence electrons. The molecule has 0 saturated heterocycles. The Morgan fingerprint density at radius 3 is 2.29 bits per heavy atom. The van der Waals surface area contributed by atoms with E-state index in [1.54, 1.807) is 14.2 Å². The minimum Gasteiger partial charge on any atom is -0.497 e. The number of carbonyl (C=O) groups is 1. The summed E-state index contributed by atoms with van der Waals surface area (Å²) >= 11 is 0. The Morgan fingerprint density at radius 2 is 1.82 bits per heavy atom. The van der Waals surface area contributed by atoms with Gasteiger partial charge in [0.1, 0.15) is 17.3 Å². The Kier molecular flexibility index (Phi) is 4.16. The van der Waals surface area contributed by atoms with Gasteiger partial charge in [-0.2, -0.15) is 0 Å². The highest BCUT2D eigenvalue weighted by molar-refractivity contribution is 5.86. The quantitative estimate of drug-likeness (QED) is 0.806. The predicted octanol–water partition coefficient (Wildman–Crippen LogP) is 2.86. The van der Waals surface area contributed by atoms with E-state index in [1.165, 1.54) is 0 Å². The van der Waals surface area contributed by atoms with E-state index in [0.29, 0.717) is 6.42 Å². The van der Waals surface area contributed by atoms with Gasteiger partial charge in [0, 0.05) is 17.4 Å². The molecule has 0 aromatic heterocycles. The van der Waals surface area contributed by atoms with Crippen molar-refractivity contribution in [1.29, 1.82) is 0 Å². The number of ketones is 1. The third-order valence-electron chi connectivity index (χ3n) is 2.68. The minimum absolute atomic E-state index is 0.184. The number of hydrogen-bond acceptors (Lipinski definition) is 3. The van der Waals surface area contributed by atoms with E-state index in [1.807, 2.05) is 39.0 Å². The van der Waals surface area contributed by atoms with Crippen molar-refractivity contribution >= 4 is 5.78 Å². The van der Waals surface area contributed by atoms with Gasteiger partial charge < -0.3 is 9.47 Å². The molecule has 0 spiro atoms. The second-order valence-corrected chi connectivity index (χ2v) is 5.03. The highest BCUT2D eigenvalue weighted by Gasteiger charge is 2.22. The zero-order chi connectivity index (χ0) is 13.1. The molecule has 0 atom stereocenters. The van der Waals surface area contributed by atoms with Crippen molar-refractivity contribution in [3.05, 3.63) is 23.8 Å². The summed E-state index contributed by atoms with van der Waals surface area (Å²) < 4.78 is 10.4. The van der Waals surface area contributed by atoms with Gasteiger partial charge in [-0.25, -0.2) is 0 Å². The van der Waals surface area contributed by atoms with Gasteiger partial charge in [0.15, 0.2) is 0 Å². The highest BCUT2D eigenvalue weighted by atomic mass is 16.5. The molecule has 3 heteroatoms. The normalized spacial score (nSPS) is 11.1. The second kappa shape index (κ2) is 5.21. The van der Waals surface area contributed by atoms with Crippen molar-refractivity contribution in [2.45, 2.75) is 27.2 Å². The maximum absolute atomic E-state index is 12.0. The SMILES string of the molecule is COc1ccc(OC)c(CC(=O)C(C)(C)C)c1. The number of methoxy groups -OCH3 is 2. The van der Waals surface area contributed by atoms with Crippen LogP contribution in [0, 0.1) is 5.41 Å². The van der Waals surface area contributed by atoms with Crippen LogP contribution in [0.3, 0.4) is 0 Å². The van der Waals surface area contributed by atoms with E-state index in [2.05, 4.69) is 0 Å². The third kappa shape index (κ3) is 3.48. The molecule has 1 rings (SSSR count). The number of benzene rings is 1. The zero-order valence-electron chi connectivity index (χ0n) is 11.2. The molecule has 0 aliphatic rings. The fourth-order valence-corrected chi connectivity index (χ4v) is 1.46. The standard InChI is InChI=1S/C14H20O3/c1-14(2,3)13(15)9-10-8-11(16-4)6-7-12(10)17-5/h6-8H,9H2,1-5H3. The molecule has 0 saturated carbocycles. The van der Waals surface area contributed by atoms with Crippen molar-refractivity contribution in [3.8, 4) is 11.5 Å². The van der Waals surface area contributed by atoms with Gasteiger partial charge >= 0.3 is 0 Å². The molecule has 0 unspecified atom stereocenters. The summed E-state index contributed by atoms with van der Waals surface area (Å²) in [5, 5.41) is 0. The van der Waals surface area contributed by atoms with Crippen molar-refractivity contribution in [2.75, 3.05) is 14.2 Å². The molecule has 0 heterocycles. The van der Waals surface area contributed by atoms with E-state index >= 15 is 0 Å². The van der Waals surface area contributed by atoms with Gasteiger partial charge in [0.25, 0.3) is 0 Å². The summed E-state index contributed by atoms with van der Waals surface area (Å²) in [6, 6.07) is 5.50. The molecule has 0 amide bonds. The summed E-state index contributed by atoms with van der Waals surface area (Å²) in [4.78, 5) is 12.0. The van der Waals surface area contributed by atoms with E-state index in [9.17, 15) is 4.79 Å². The predicted molar refractivity (Wildman–Crippen MR) is 67.7 cm³/mol. The molecule has 0 bridgehead atoms. The topological polar surface area (TPSA) is 35.5 Å². The van der Waals surface area contributed by atoms with Crippen LogP contribution in [-0.4, -0.2) is 20.0 Å². The first-order chi connectivity index (χ1) is 7.88. The van der Waals surface area contributed by atoms with Gasteiger partial charge in [0.2, 0.25) is 0 Å². The Hall–Kier alpha value is -1.51. The van der Waals surface area contributed by atoms with Crippen molar-refractivity contribution in [3.63, 3.8) is 0 Å². The van der Waals surface area contributed by atoms with Crippen molar-refractivity contribution < 1.29 is 14.3 Å². The lowest BCUT2D eigenvalue weighted by atomic mass is 9.87. The summed E-state index contributed by atoms with van der Waals surface area (Å²) in [6.07, 6.45) is 0.365. The number of ether oxygens (including phenoxy) is 2. The maximum atomic E-state index is 12.0. The Morgan fingerprint density at radius 1 is 1.18 bits per heavy atom.